The molecule has 0 spiro atoms. The Morgan fingerprint density at radius 2 is 1.41 bits per heavy atom. The number of carbonyl (C=O) groups is 10. The molecule has 0 unspecified atom stereocenters. The molecule has 3 aromatic heterocycles. The van der Waals surface area contributed by atoms with Crippen molar-refractivity contribution < 1.29 is 112 Å². The van der Waals surface area contributed by atoms with Gasteiger partial charge in [-0.3, -0.25) is 57.3 Å². The molecule has 10 rings (SSSR count). The van der Waals surface area contributed by atoms with Gasteiger partial charge in [0.25, 0.3) is 32.1 Å². The molecule has 128 heavy (non-hydrogen) atoms. The number of ether oxygens (including phenoxy) is 5. The number of halogens is 2. The van der Waals surface area contributed by atoms with E-state index in [9.17, 15) is 78.8 Å². The number of hydrogen-bond donors (Lipinski definition) is 10. The van der Waals surface area contributed by atoms with E-state index in [-0.39, 0.29) is 114 Å². The second-order valence-corrected chi connectivity index (χ2v) is 35.4. The van der Waals surface area contributed by atoms with E-state index in [4.69, 9.17) is 50.6 Å². The summed E-state index contributed by atoms with van der Waals surface area (Å²) in [6.07, 6.45) is 3.38. The van der Waals surface area contributed by atoms with Crippen LogP contribution >= 0.6 is 22.9 Å². The number of likely N-dealkylation sites (N-methyl/N-ethyl adjacent to an activating group) is 2. The van der Waals surface area contributed by atoms with Crippen LogP contribution < -0.4 is 56.6 Å². The van der Waals surface area contributed by atoms with Crippen molar-refractivity contribution in [1.82, 2.24) is 61.2 Å². The van der Waals surface area contributed by atoms with Crippen LogP contribution in [0.1, 0.15) is 80.3 Å². The number of carboxylic acids is 1. The van der Waals surface area contributed by atoms with Gasteiger partial charge in [-0.1, -0.05) is 80.0 Å². The quantitative estimate of drug-likeness (QED) is 0.00849. The van der Waals surface area contributed by atoms with Gasteiger partial charge >= 0.3 is 12.0 Å². The van der Waals surface area contributed by atoms with Gasteiger partial charge in [0.2, 0.25) is 47.4 Å². The molecule has 0 aliphatic carbocycles. The number of primary amides is 1. The van der Waals surface area contributed by atoms with Gasteiger partial charge in [0.1, 0.15) is 72.1 Å². The molecular weight excluding hydrogens is 1750 g/mol. The van der Waals surface area contributed by atoms with E-state index in [2.05, 4.69) is 51.8 Å². The van der Waals surface area contributed by atoms with Gasteiger partial charge in [-0.15, -0.1) is 11.3 Å². The number of unbranched alkanes of at least 4 members (excludes halogenated alkanes) is 1. The Morgan fingerprint density at radius 3 is 2.10 bits per heavy atom. The summed E-state index contributed by atoms with van der Waals surface area (Å²) in [5.74, 6) is -9.17. The first-order chi connectivity index (χ1) is 60.9. The number of benzene rings is 5. The van der Waals surface area contributed by atoms with E-state index in [0.29, 0.717) is 132 Å². The first kappa shape index (κ1) is 98.0. The van der Waals surface area contributed by atoms with Gasteiger partial charge in [0, 0.05) is 99.2 Å². The number of imide groups is 1. The Labute approximate surface area is 747 Å². The van der Waals surface area contributed by atoms with Crippen molar-refractivity contribution in [3.05, 3.63) is 173 Å². The summed E-state index contributed by atoms with van der Waals surface area (Å²) in [6.45, 7) is 7.88. The van der Waals surface area contributed by atoms with E-state index in [1.807, 2.05) is 38.2 Å². The Kier molecular flexibility index (Phi) is 34.8. The average Bonchev–Trinajstić information content (AvgIpc) is 1.59. The van der Waals surface area contributed by atoms with Crippen molar-refractivity contribution in [2.24, 2.45) is 11.7 Å². The molecule has 5 heterocycles. The fraction of sp³-hybridized carbons (Fsp3) is 0.395. The lowest BCUT2D eigenvalue weighted by atomic mass is 9.96. The zero-order valence-electron chi connectivity index (χ0n) is 71.1. The van der Waals surface area contributed by atoms with E-state index >= 15 is 0 Å². The maximum absolute atomic E-state index is 14.7. The summed E-state index contributed by atoms with van der Waals surface area (Å²) in [5, 5.41) is 27.0. The summed E-state index contributed by atoms with van der Waals surface area (Å²) in [6, 6.07) is 25.7. The normalized spacial score (nSPS) is 14.3. The maximum atomic E-state index is 14.7. The van der Waals surface area contributed by atoms with Crippen molar-refractivity contribution >= 4 is 118 Å². The van der Waals surface area contributed by atoms with Crippen LogP contribution in [0.3, 0.4) is 0 Å². The lowest BCUT2D eigenvalue weighted by Crippen LogP contribution is -2.57. The minimum absolute atomic E-state index is 0.00270. The number of para-hydroxylation sites is 2. The Hall–Kier alpha value is -12.2. The molecule has 42 heteroatoms. The number of carboxylic acid groups (broad SMARTS) is 1. The SMILES string of the molecule is COc1ccccc1-c1nccc(COc2ccccc2C[C@@H](Oc2ncnc3sc(-c4ccc(F)cc4)c(-c4ccc(OCCN5CC[N+](C)(Cc6ccc(NC(=O)[C@H](CCCNC(N)=O)NC(=O)[C@@H](NC(=O)CCOCCN7C(=O)C=CC7=O)C(C)C)cc6CN(C)C(=O)[C@H](CCCCNC(=O)CS(=O)(=O)O)NC(=O)CS(=O)(=O)O)CC5)c(Cl)c4C)c23)C(=O)O)n1. The number of aliphatic carboxylic acids is 1. The van der Waals surface area contributed by atoms with Gasteiger partial charge in [-0.25, -0.2) is 33.9 Å². The van der Waals surface area contributed by atoms with Crippen LogP contribution in [-0.4, -0.2) is 259 Å². The number of urea groups is 1. The molecule has 0 bridgehead atoms. The standard InChI is InChI=1S/C86H101ClFN15O22S3/c1-52(2)77(99-69(104)31-41-122-42-38-102-72(107)28-29-73(102)108)81(110)98-63(17-13-33-92-86(89)114)80(109)96-59-25-22-56(57(44-59)46-100(4)84(111)64(97-71(106)50-128(118,119)120)16-11-12-32-90-70(105)49-127(115,116)117)47-103(5)39-35-101(36-40-103)37-43-123-67-27-26-61(53(3)76(67)87)74-75-82(93-51-94-83(75)126-78(74)54-20-23-58(88)24-21-54)125-68(85(112)113)45-55-14-7-9-18-65(55)124-48-60-30-34-91-79(95-60)62-15-8-10-19-66(62)121-6/h7-10,14-15,18-30,34,44,51-52,63-64,68,77H,11-13,16-17,31-33,35-43,45-50H2,1-6H3,(H10-,89,90,92,96,97,98,99,104,105,106,109,110,112,113,114,115,116,117,118,119,120)/p+1/t63-,64-,68+,77-/m0/s1. The van der Waals surface area contributed by atoms with E-state index < -0.39 is 127 Å². The number of carbonyl (C=O) groups excluding carboxylic acids is 9. The number of amides is 10. The number of quaternary nitrogens is 1. The molecule has 11 N–H and O–H groups in total. The van der Waals surface area contributed by atoms with Crippen molar-refractivity contribution in [2.75, 3.05) is 110 Å². The number of fused-ring (bicyclic) bond motifs is 1. The minimum atomic E-state index is -4.89. The highest BCUT2D eigenvalue weighted by molar-refractivity contribution is 7.86. The number of nitrogens with two attached hydrogens (primary N) is 1. The lowest BCUT2D eigenvalue weighted by molar-refractivity contribution is -0.926. The number of hydrogen-bond acceptors (Lipinski definition) is 25. The fourth-order valence-electron chi connectivity index (χ4n) is 14.4. The van der Waals surface area contributed by atoms with E-state index in [0.717, 1.165) is 17.1 Å². The molecule has 10 amide bonds. The molecule has 1 saturated heterocycles. The third-order valence-corrected chi connectivity index (χ3v) is 24.0. The average molecular weight is 1850 g/mol. The van der Waals surface area contributed by atoms with Gasteiger partial charge in [0.15, 0.2) is 17.3 Å². The Bertz CT molecular complexity index is 5630. The molecule has 4 atom stereocenters. The molecule has 2 aliphatic rings. The predicted molar refractivity (Wildman–Crippen MR) is 470 cm³/mol. The molecule has 8 aromatic rings. The number of anilines is 1. The molecule has 0 radical (unpaired) electrons. The van der Waals surface area contributed by atoms with Gasteiger partial charge in [-0.05, 0) is 127 Å². The summed E-state index contributed by atoms with van der Waals surface area (Å²) in [7, 11) is -4.51. The number of piperazine rings is 1. The van der Waals surface area contributed by atoms with Crippen LogP contribution in [0.4, 0.5) is 14.9 Å². The number of rotatable bonds is 47. The highest BCUT2D eigenvalue weighted by Crippen LogP contribution is 2.50. The van der Waals surface area contributed by atoms with Crippen LogP contribution in [0.15, 0.2) is 134 Å². The number of nitrogens with one attached hydrogen (secondary N) is 6. The summed E-state index contributed by atoms with van der Waals surface area (Å²) in [4.78, 5) is 155. The van der Waals surface area contributed by atoms with Gasteiger partial charge in [-0.2, -0.15) is 16.8 Å². The smallest absolute Gasteiger partial charge is 0.345 e. The lowest BCUT2D eigenvalue weighted by Gasteiger charge is -2.42. The molecule has 5 aromatic carbocycles. The molecular formula is C86H102ClFN15O22S3+. The summed E-state index contributed by atoms with van der Waals surface area (Å²) in [5.41, 5.74) is 10.8. The first-order valence-corrected chi connectivity index (χ1v) is 45.3. The highest BCUT2D eigenvalue weighted by atomic mass is 35.5. The zero-order valence-corrected chi connectivity index (χ0v) is 74.3. The monoisotopic (exact) mass is 1850 g/mol. The number of nitrogens with zero attached hydrogens (tertiary/aromatic N) is 8. The Balaban J connectivity index is 0.844. The topological polar surface area (TPSA) is 505 Å². The molecule has 1 fully saturated rings. The fourth-order valence-corrected chi connectivity index (χ4v) is 16.6. The van der Waals surface area contributed by atoms with Crippen LogP contribution in [0.2, 0.25) is 5.02 Å². The third kappa shape index (κ3) is 28.4. The molecule has 37 nitrogen and oxygen atoms in total. The van der Waals surface area contributed by atoms with Crippen molar-refractivity contribution in [2.45, 2.75) is 110 Å². The van der Waals surface area contributed by atoms with E-state index in [1.165, 1.54) is 41.7 Å². The number of aromatic nitrogens is 4. The zero-order chi connectivity index (χ0) is 92.6. The van der Waals surface area contributed by atoms with Gasteiger partial charge < -0.3 is 75.8 Å². The second kappa shape index (κ2) is 45.5. The minimum Gasteiger partial charge on any atom is -0.496 e. The molecule has 0 saturated carbocycles. The molecule has 684 valence electrons. The van der Waals surface area contributed by atoms with Crippen LogP contribution in [-0.2, 0) is 94.2 Å². The van der Waals surface area contributed by atoms with Crippen molar-refractivity contribution in [1.29, 1.82) is 0 Å². The predicted octanol–water partition coefficient (Wildman–Crippen LogP) is 6.44. The third-order valence-electron chi connectivity index (χ3n) is 21.1. The Morgan fingerprint density at radius 1 is 0.719 bits per heavy atom. The van der Waals surface area contributed by atoms with Crippen molar-refractivity contribution in [3.8, 4) is 56.1 Å². The first-order valence-electron chi connectivity index (χ1n) is 40.9. The number of thiophene rings is 1. The largest absolute Gasteiger partial charge is 0.496 e. The van der Waals surface area contributed by atoms with Crippen LogP contribution in [0, 0.1) is 18.7 Å². The van der Waals surface area contributed by atoms with Gasteiger partial charge in [0.05, 0.1) is 68.7 Å². The summed E-state index contributed by atoms with van der Waals surface area (Å²) >= 11 is 8.58. The highest BCUT2D eigenvalue weighted by Gasteiger charge is 2.36. The summed E-state index contributed by atoms with van der Waals surface area (Å²) < 4.78 is 110. The maximum Gasteiger partial charge on any atom is 0.345 e. The van der Waals surface area contributed by atoms with Crippen LogP contribution in [0.25, 0.3) is 43.2 Å². The van der Waals surface area contributed by atoms with Crippen molar-refractivity contribution in [3.63, 3.8) is 0 Å². The molecule has 2 aliphatic heterocycles. The second-order valence-electron chi connectivity index (χ2n) is 31.1. The van der Waals surface area contributed by atoms with Crippen LogP contribution in [0.5, 0.6) is 23.1 Å². The van der Waals surface area contributed by atoms with E-state index in [1.54, 1.807) is 100.0 Å². The number of methoxy groups -OCH3 is 1.